The Hall–Kier alpha value is -0.640. The molecule has 1 aliphatic carbocycles. The molecular formula is C11H17N3S. The summed E-state index contributed by atoms with van der Waals surface area (Å²) < 4.78 is 2.35. The summed E-state index contributed by atoms with van der Waals surface area (Å²) in [5, 5.41) is 3.51. The van der Waals surface area contributed by atoms with Crippen LogP contribution < -0.4 is 5.32 Å². The van der Waals surface area contributed by atoms with Gasteiger partial charge < -0.3 is 9.88 Å². The zero-order valence-corrected chi connectivity index (χ0v) is 9.67. The molecule has 1 aromatic rings. The minimum Gasteiger partial charge on any atom is -0.353 e. The number of hydrogen-bond donors (Lipinski definition) is 1. The Morgan fingerprint density at radius 1 is 1.27 bits per heavy atom. The van der Waals surface area contributed by atoms with Crippen molar-refractivity contribution in [3.8, 4) is 0 Å². The molecular weight excluding hydrogens is 206 g/mol. The van der Waals surface area contributed by atoms with Crippen molar-refractivity contribution in [1.29, 1.82) is 0 Å². The molecule has 0 aromatic carbocycles. The molecule has 1 aromatic heterocycles. The molecule has 82 valence electrons. The predicted octanol–water partition coefficient (Wildman–Crippen LogP) is 2.53. The number of imidazole rings is 1. The average molecular weight is 223 g/mol. The van der Waals surface area contributed by atoms with Crippen molar-refractivity contribution >= 4 is 17.7 Å². The van der Waals surface area contributed by atoms with E-state index in [1.807, 2.05) is 6.20 Å². The molecule has 3 rings (SSSR count). The van der Waals surface area contributed by atoms with Gasteiger partial charge in [-0.15, -0.1) is 0 Å². The molecule has 0 radical (unpaired) electrons. The highest BCUT2D eigenvalue weighted by molar-refractivity contribution is 7.99. The molecule has 15 heavy (non-hydrogen) atoms. The molecule has 1 saturated heterocycles. The number of aromatic nitrogens is 2. The minimum absolute atomic E-state index is 0.676. The van der Waals surface area contributed by atoms with Gasteiger partial charge >= 0.3 is 0 Å². The van der Waals surface area contributed by atoms with Crippen LogP contribution in [0.2, 0.25) is 0 Å². The monoisotopic (exact) mass is 223 g/mol. The molecule has 0 spiro atoms. The minimum atomic E-state index is 0.676. The Morgan fingerprint density at radius 2 is 2.07 bits per heavy atom. The van der Waals surface area contributed by atoms with Crippen molar-refractivity contribution in [3.05, 3.63) is 12.4 Å². The topological polar surface area (TPSA) is 29.9 Å². The van der Waals surface area contributed by atoms with E-state index in [9.17, 15) is 0 Å². The Balaban J connectivity index is 1.73. The smallest absolute Gasteiger partial charge is 0.203 e. The molecule has 2 fully saturated rings. The first-order valence-corrected chi connectivity index (χ1v) is 6.96. The van der Waals surface area contributed by atoms with Gasteiger partial charge in [0.05, 0.1) is 0 Å². The first-order valence-electron chi connectivity index (χ1n) is 5.80. The fourth-order valence-corrected chi connectivity index (χ4v) is 3.17. The first-order chi connectivity index (χ1) is 7.43. The number of rotatable bonds is 3. The molecule has 1 aliphatic heterocycles. The van der Waals surface area contributed by atoms with Gasteiger partial charge in [-0.1, -0.05) is 0 Å². The molecule has 0 atom stereocenters. The van der Waals surface area contributed by atoms with Crippen LogP contribution in [0, 0.1) is 0 Å². The quantitative estimate of drug-likeness (QED) is 0.854. The Morgan fingerprint density at radius 3 is 2.80 bits per heavy atom. The van der Waals surface area contributed by atoms with Crippen LogP contribution in [0.15, 0.2) is 12.4 Å². The van der Waals surface area contributed by atoms with Gasteiger partial charge in [-0.2, -0.15) is 11.8 Å². The van der Waals surface area contributed by atoms with E-state index in [1.54, 1.807) is 0 Å². The second-order valence-corrected chi connectivity index (χ2v) is 5.65. The van der Waals surface area contributed by atoms with Gasteiger partial charge in [-0.25, -0.2) is 4.98 Å². The number of anilines is 1. The lowest BCUT2D eigenvalue weighted by molar-refractivity contribution is 0.473. The van der Waals surface area contributed by atoms with Crippen LogP contribution in [0.5, 0.6) is 0 Å². The summed E-state index contributed by atoms with van der Waals surface area (Å²) in [7, 11) is 0. The molecule has 2 aliphatic rings. The highest BCUT2D eigenvalue weighted by Gasteiger charge is 2.24. The highest BCUT2D eigenvalue weighted by atomic mass is 32.2. The third-order valence-corrected chi connectivity index (χ3v) is 4.21. The van der Waals surface area contributed by atoms with Gasteiger partial charge in [0.25, 0.3) is 0 Å². The van der Waals surface area contributed by atoms with E-state index in [4.69, 9.17) is 0 Å². The van der Waals surface area contributed by atoms with Gasteiger partial charge in [-0.05, 0) is 37.2 Å². The van der Waals surface area contributed by atoms with E-state index in [0.29, 0.717) is 12.1 Å². The summed E-state index contributed by atoms with van der Waals surface area (Å²) in [6, 6.07) is 1.37. The normalized spacial score (nSPS) is 22.9. The highest BCUT2D eigenvalue weighted by Crippen LogP contribution is 2.31. The zero-order chi connectivity index (χ0) is 10.1. The maximum absolute atomic E-state index is 4.42. The maximum Gasteiger partial charge on any atom is 0.203 e. The van der Waals surface area contributed by atoms with Crippen LogP contribution in [-0.4, -0.2) is 27.1 Å². The van der Waals surface area contributed by atoms with Crippen molar-refractivity contribution < 1.29 is 0 Å². The largest absolute Gasteiger partial charge is 0.353 e. The van der Waals surface area contributed by atoms with Crippen LogP contribution in [0.4, 0.5) is 5.95 Å². The van der Waals surface area contributed by atoms with E-state index in [-0.39, 0.29) is 0 Å². The van der Waals surface area contributed by atoms with Gasteiger partial charge in [0.1, 0.15) is 0 Å². The molecule has 1 saturated carbocycles. The number of thioether (sulfide) groups is 1. The molecule has 0 unspecified atom stereocenters. The maximum atomic E-state index is 4.42. The standard InChI is InChI=1S/C11H17N3S/c1-2-9(1)13-11-12-5-6-14(11)10-3-7-15-8-4-10/h5-6,9-10H,1-4,7-8H2,(H,12,13). The zero-order valence-electron chi connectivity index (χ0n) is 8.85. The van der Waals surface area contributed by atoms with E-state index < -0.39 is 0 Å². The fourth-order valence-electron chi connectivity index (χ4n) is 2.09. The molecule has 1 N–H and O–H groups in total. The molecule has 0 amide bonds. The lowest BCUT2D eigenvalue weighted by Crippen LogP contribution is -2.18. The molecule has 3 nitrogen and oxygen atoms in total. The lowest BCUT2D eigenvalue weighted by atomic mass is 10.1. The second-order valence-electron chi connectivity index (χ2n) is 4.42. The first kappa shape index (κ1) is 9.58. The summed E-state index contributed by atoms with van der Waals surface area (Å²) in [6.45, 7) is 0. The summed E-state index contributed by atoms with van der Waals surface area (Å²) in [5.74, 6) is 3.69. The van der Waals surface area contributed by atoms with Gasteiger partial charge in [-0.3, -0.25) is 0 Å². The lowest BCUT2D eigenvalue weighted by Gasteiger charge is -2.24. The predicted molar refractivity (Wildman–Crippen MR) is 64.5 cm³/mol. The van der Waals surface area contributed by atoms with Crippen molar-refractivity contribution in [2.24, 2.45) is 0 Å². The van der Waals surface area contributed by atoms with E-state index in [1.165, 1.54) is 37.2 Å². The molecule has 0 bridgehead atoms. The van der Waals surface area contributed by atoms with Crippen LogP contribution in [0.25, 0.3) is 0 Å². The van der Waals surface area contributed by atoms with E-state index in [2.05, 4.69) is 32.8 Å². The molecule has 4 heteroatoms. The van der Waals surface area contributed by atoms with Crippen LogP contribution >= 0.6 is 11.8 Å². The van der Waals surface area contributed by atoms with Crippen molar-refractivity contribution in [1.82, 2.24) is 9.55 Å². The Bertz CT molecular complexity index is 326. The Kier molecular flexibility index (Phi) is 2.61. The van der Waals surface area contributed by atoms with Crippen LogP contribution in [0.3, 0.4) is 0 Å². The van der Waals surface area contributed by atoms with Gasteiger partial charge in [0, 0.05) is 24.5 Å². The summed E-state index contributed by atoms with van der Waals surface area (Å²) >= 11 is 2.07. The summed E-state index contributed by atoms with van der Waals surface area (Å²) in [6.07, 6.45) is 9.26. The van der Waals surface area contributed by atoms with E-state index >= 15 is 0 Å². The number of nitrogens with one attached hydrogen (secondary N) is 1. The van der Waals surface area contributed by atoms with E-state index in [0.717, 1.165) is 5.95 Å². The SMILES string of the molecule is c1cn(C2CCSCC2)c(NC2CC2)n1. The Labute approximate surface area is 94.7 Å². The third kappa shape index (κ3) is 2.14. The van der Waals surface area contributed by atoms with Crippen molar-refractivity contribution in [3.63, 3.8) is 0 Å². The van der Waals surface area contributed by atoms with Crippen molar-refractivity contribution in [2.75, 3.05) is 16.8 Å². The third-order valence-electron chi connectivity index (χ3n) is 3.16. The van der Waals surface area contributed by atoms with Crippen molar-refractivity contribution in [2.45, 2.75) is 37.8 Å². The van der Waals surface area contributed by atoms with Gasteiger partial charge in [0.15, 0.2) is 0 Å². The number of nitrogens with zero attached hydrogens (tertiary/aromatic N) is 2. The average Bonchev–Trinajstić information content (AvgIpc) is 2.96. The molecule has 2 heterocycles. The summed E-state index contributed by atoms with van der Waals surface area (Å²) in [5.41, 5.74) is 0. The van der Waals surface area contributed by atoms with Gasteiger partial charge in [0.2, 0.25) is 5.95 Å². The van der Waals surface area contributed by atoms with Crippen LogP contribution in [-0.2, 0) is 0 Å². The number of hydrogen-bond acceptors (Lipinski definition) is 3. The van der Waals surface area contributed by atoms with Crippen LogP contribution in [0.1, 0.15) is 31.7 Å². The summed E-state index contributed by atoms with van der Waals surface area (Å²) in [4.78, 5) is 4.42. The second kappa shape index (κ2) is 4.08. The fraction of sp³-hybridized carbons (Fsp3) is 0.727.